The summed E-state index contributed by atoms with van der Waals surface area (Å²) in [6.07, 6.45) is 7.13. The molecule has 2 atom stereocenters. The molecule has 21 heavy (non-hydrogen) atoms. The molecule has 2 N–H and O–H groups in total. The van der Waals surface area contributed by atoms with Gasteiger partial charge in [0.2, 0.25) is 0 Å². The van der Waals surface area contributed by atoms with Gasteiger partial charge in [0, 0.05) is 38.4 Å². The molecule has 0 aromatic rings. The van der Waals surface area contributed by atoms with Gasteiger partial charge in [-0.2, -0.15) is 0 Å². The van der Waals surface area contributed by atoms with Crippen LogP contribution in [0.3, 0.4) is 0 Å². The van der Waals surface area contributed by atoms with Gasteiger partial charge in [-0.1, -0.05) is 27.2 Å². The lowest BCUT2D eigenvalue weighted by molar-refractivity contribution is -0.0917. The SMILES string of the molecule is CCCC1CC(CN)(N(CCOC)C(CC)CC)CCO1. The summed E-state index contributed by atoms with van der Waals surface area (Å²) in [7, 11) is 1.78. The summed E-state index contributed by atoms with van der Waals surface area (Å²) in [5.41, 5.74) is 6.37. The van der Waals surface area contributed by atoms with E-state index in [4.69, 9.17) is 15.2 Å². The Balaban J connectivity index is 2.91. The van der Waals surface area contributed by atoms with Crippen molar-refractivity contribution in [3.8, 4) is 0 Å². The van der Waals surface area contributed by atoms with Gasteiger partial charge in [-0.15, -0.1) is 0 Å². The van der Waals surface area contributed by atoms with E-state index in [1.807, 2.05) is 0 Å². The smallest absolute Gasteiger partial charge is 0.0593 e. The summed E-state index contributed by atoms with van der Waals surface area (Å²) in [5, 5.41) is 0. The van der Waals surface area contributed by atoms with Crippen molar-refractivity contribution in [3.05, 3.63) is 0 Å². The minimum atomic E-state index is 0.0906. The molecule has 1 heterocycles. The first-order valence-corrected chi connectivity index (χ1v) is 8.74. The summed E-state index contributed by atoms with van der Waals surface area (Å²) in [5.74, 6) is 0. The molecule has 0 amide bonds. The van der Waals surface area contributed by atoms with E-state index in [0.717, 1.165) is 45.6 Å². The number of nitrogens with two attached hydrogens (primary N) is 1. The minimum Gasteiger partial charge on any atom is -0.383 e. The van der Waals surface area contributed by atoms with Gasteiger partial charge in [0.25, 0.3) is 0 Å². The van der Waals surface area contributed by atoms with Crippen molar-refractivity contribution in [3.63, 3.8) is 0 Å². The third-order valence-electron chi connectivity index (χ3n) is 5.05. The zero-order chi connectivity index (χ0) is 15.7. The first kappa shape index (κ1) is 18.9. The highest BCUT2D eigenvalue weighted by Gasteiger charge is 2.42. The lowest BCUT2D eigenvalue weighted by atomic mass is 9.82. The Morgan fingerprint density at radius 1 is 1.33 bits per heavy atom. The average Bonchev–Trinajstić information content (AvgIpc) is 2.52. The maximum Gasteiger partial charge on any atom is 0.0593 e. The Kier molecular flexibility index (Phi) is 8.79. The molecule has 0 aromatic carbocycles. The molecule has 1 fully saturated rings. The molecule has 0 aliphatic carbocycles. The Morgan fingerprint density at radius 3 is 2.57 bits per heavy atom. The molecule has 0 spiro atoms. The van der Waals surface area contributed by atoms with Crippen LogP contribution in [0.1, 0.15) is 59.3 Å². The Hall–Kier alpha value is -0.160. The zero-order valence-electron chi connectivity index (χ0n) is 14.6. The van der Waals surface area contributed by atoms with Gasteiger partial charge >= 0.3 is 0 Å². The fourth-order valence-corrected chi connectivity index (χ4v) is 3.80. The van der Waals surface area contributed by atoms with E-state index in [0.29, 0.717) is 12.1 Å². The van der Waals surface area contributed by atoms with E-state index < -0.39 is 0 Å². The molecule has 0 aromatic heterocycles. The van der Waals surface area contributed by atoms with Crippen LogP contribution in [-0.2, 0) is 9.47 Å². The summed E-state index contributed by atoms with van der Waals surface area (Å²) in [6.45, 7) is 10.1. The fraction of sp³-hybridized carbons (Fsp3) is 1.00. The predicted molar refractivity (Wildman–Crippen MR) is 88.6 cm³/mol. The Labute approximate surface area is 131 Å². The van der Waals surface area contributed by atoms with Crippen LogP contribution in [-0.4, -0.2) is 56.0 Å². The number of nitrogens with zero attached hydrogens (tertiary/aromatic N) is 1. The van der Waals surface area contributed by atoms with Gasteiger partial charge in [0.15, 0.2) is 0 Å². The van der Waals surface area contributed by atoms with Crippen molar-refractivity contribution in [2.24, 2.45) is 5.73 Å². The topological polar surface area (TPSA) is 47.7 Å². The zero-order valence-corrected chi connectivity index (χ0v) is 14.6. The second kappa shape index (κ2) is 9.78. The average molecular weight is 300 g/mol. The van der Waals surface area contributed by atoms with Gasteiger partial charge in [-0.25, -0.2) is 0 Å². The maximum atomic E-state index is 6.28. The molecule has 4 nitrogen and oxygen atoms in total. The van der Waals surface area contributed by atoms with Crippen molar-refractivity contribution in [1.29, 1.82) is 0 Å². The molecule has 126 valence electrons. The number of hydrogen-bond acceptors (Lipinski definition) is 4. The van der Waals surface area contributed by atoms with E-state index >= 15 is 0 Å². The summed E-state index contributed by atoms with van der Waals surface area (Å²) in [4.78, 5) is 2.64. The van der Waals surface area contributed by atoms with E-state index in [1.165, 1.54) is 19.3 Å². The number of hydrogen-bond donors (Lipinski definition) is 1. The quantitative estimate of drug-likeness (QED) is 0.674. The lowest BCUT2D eigenvalue weighted by Gasteiger charge is -2.51. The second-order valence-corrected chi connectivity index (χ2v) is 6.32. The third kappa shape index (κ3) is 4.92. The van der Waals surface area contributed by atoms with Gasteiger partial charge in [0.1, 0.15) is 0 Å². The normalized spacial score (nSPS) is 26.7. The van der Waals surface area contributed by atoms with Crippen molar-refractivity contribution in [1.82, 2.24) is 4.90 Å². The van der Waals surface area contributed by atoms with Crippen molar-refractivity contribution < 1.29 is 9.47 Å². The summed E-state index contributed by atoms with van der Waals surface area (Å²) >= 11 is 0. The Morgan fingerprint density at radius 2 is 2.05 bits per heavy atom. The molecule has 1 saturated heterocycles. The molecule has 4 heteroatoms. The Bertz CT molecular complexity index is 270. The molecule has 1 aliphatic heterocycles. The van der Waals surface area contributed by atoms with E-state index in [2.05, 4.69) is 25.7 Å². The molecule has 2 unspecified atom stereocenters. The van der Waals surface area contributed by atoms with Crippen LogP contribution < -0.4 is 5.73 Å². The van der Waals surface area contributed by atoms with Crippen molar-refractivity contribution in [2.45, 2.75) is 77.0 Å². The minimum absolute atomic E-state index is 0.0906. The highest BCUT2D eigenvalue weighted by atomic mass is 16.5. The van der Waals surface area contributed by atoms with Gasteiger partial charge in [-0.05, 0) is 32.1 Å². The van der Waals surface area contributed by atoms with E-state index in [1.54, 1.807) is 7.11 Å². The molecule has 1 aliphatic rings. The molecule has 0 bridgehead atoms. The highest BCUT2D eigenvalue weighted by Crippen LogP contribution is 2.34. The standard InChI is InChI=1S/C17H36N2O2/c1-5-8-16-13-17(14-18,9-11-21-16)19(10-12-20-4)15(6-2)7-3/h15-16H,5-14,18H2,1-4H3. The number of rotatable bonds is 10. The largest absolute Gasteiger partial charge is 0.383 e. The first-order chi connectivity index (χ1) is 10.2. The van der Waals surface area contributed by atoms with Gasteiger partial charge in [0.05, 0.1) is 12.7 Å². The molecule has 1 rings (SSSR count). The van der Waals surface area contributed by atoms with Crippen LogP contribution in [0.5, 0.6) is 0 Å². The van der Waals surface area contributed by atoms with Crippen LogP contribution in [0.15, 0.2) is 0 Å². The van der Waals surface area contributed by atoms with Crippen molar-refractivity contribution >= 4 is 0 Å². The summed E-state index contributed by atoms with van der Waals surface area (Å²) < 4.78 is 11.3. The fourth-order valence-electron chi connectivity index (χ4n) is 3.80. The lowest BCUT2D eigenvalue weighted by Crippen LogP contribution is -2.62. The number of methoxy groups -OCH3 is 1. The van der Waals surface area contributed by atoms with E-state index in [9.17, 15) is 0 Å². The second-order valence-electron chi connectivity index (χ2n) is 6.32. The van der Waals surface area contributed by atoms with Crippen LogP contribution in [0, 0.1) is 0 Å². The maximum absolute atomic E-state index is 6.28. The van der Waals surface area contributed by atoms with Gasteiger partial charge in [-0.3, -0.25) is 4.90 Å². The van der Waals surface area contributed by atoms with Gasteiger partial charge < -0.3 is 15.2 Å². The molecule has 0 saturated carbocycles. The monoisotopic (exact) mass is 300 g/mol. The van der Waals surface area contributed by atoms with E-state index in [-0.39, 0.29) is 5.54 Å². The molecular formula is C17H36N2O2. The molecular weight excluding hydrogens is 264 g/mol. The van der Waals surface area contributed by atoms with Crippen LogP contribution >= 0.6 is 0 Å². The van der Waals surface area contributed by atoms with Crippen LogP contribution in [0.4, 0.5) is 0 Å². The highest BCUT2D eigenvalue weighted by molar-refractivity contribution is 4.98. The van der Waals surface area contributed by atoms with Crippen molar-refractivity contribution in [2.75, 3.05) is 33.4 Å². The molecule has 0 radical (unpaired) electrons. The van der Waals surface area contributed by atoms with Crippen LogP contribution in [0.2, 0.25) is 0 Å². The predicted octanol–water partition coefficient (Wildman–Crippen LogP) is 2.80. The van der Waals surface area contributed by atoms with Crippen LogP contribution in [0.25, 0.3) is 0 Å². The number of ether oxygens (including phenoxy) is 2. The summed E-state index contributed by atoms with van der Waals surface area (Å²) in [6, 6.07) is 0.587. The third-order valence-corrected chi connectivity index (χ3v) is 5.05. The first-order valence-electron chi connectivity index (χ1n) is 8.74.